The summed E-state index contributed by atoms with van der Waals surface area (Å²) in [4.78, 5) is 45.5. The van der Waals surface area contributed by atoms with Crippen LogP contribution in [-0.4, -0.2) is 99.1 Å². The Morgan fingerprint density at radius 1 is 0.865 bits per heavy atom. The van der Waals surface area contributed by atoms with Gasteiger partial charge in [-0.2, -0.15) is 0 Å². The number of ketones is 1. The number of carboxylic acid groups (broad SMARTS) is 1. The van der Waals surface area contributed by atoms with Gasteiger partial charge in [0.1, 0.15) is 12.4 Å². The molecule has 0 unspecified atom stereocenters. The van der Waals surface area contributed by atoms with Gasteiger partial charge in [-0.25, -0.2) is 9.97 Å². The van der Waals surface area contributed by atoms with Crippen LogP contribution >= 0.6 is 12.4 Å². The summed E-state index contributed by atoms with van der Waals surface area (Å²) in [6.45, 7) is 6.33. The Bertz CT molecular complexity index is 1750. The van der Waals surface area contributed by atoms with Crippen LogP contribution in [0.3, 0.4) is 0 Å². The fraction of sp³-hybridized carbons (Fsp3) is 0.425. The van der Waals surface area contributed by atoms with Crippen molar-refractivity contribution in [2.75, 3.05) is 46.9 Å². The molecule has 11 nitrogen and oxygen atoms in total. The van der Waals surface area contributed by atoms with Crippen LogP contribution in [-0.2, 0) is 40.3 Å². The number of imidazole rings is 2. The van der Waals surface area contributed by atoms with Gasteiger partial charge in [0.2, 0.25) is 5.78 Å². The summed E-state index contributed by atoms with van der Waals surface area (Å²) in [6.07, 6.45) is 13.8. The van der Waals surface area contributed by atoms with Crippen LogP contribution in [0.1, 0.15) is 65.2 Å². The number of carbonyl (C=O) groups excluding carboxylic acids is 2. The zero-order chi connectivity index (χ0) is 36.0. The molecule has 3 aliphatic rings. The van der Waals surface area contributed by atoms with Crippen molar-refractivity contribution < 1.29 is 24.2 Å². The predicted molar refractivity (Wildman–Crippen MR) is 204 cm³/mol. The molecule has 0 radical (unpaired) electrons. The smallest absolute Gasteiger partial charge is 0.306 e. The Morgan fingerprint density at radius 3 is 2.25 bits per heavy atom. The lowest BCUT2D eigenvalue weighted by Crippen LogP contribution is -2.34. The van der Waals surface area contributed by atoms with E-state index in [0.29, 0.717) is 5.82 Å². The summed E-state index contributed by atoms with van der Waals surface area (Å²) < 4.78 is 8.41. The summed E-state index contributed by atoms with van der Waals surface area (Å²) >= 11 is 0. The van der Waals surface area contributed by atoms with Crippen LogP contribution in [0.4, 0.5) is 0 Å². The second-order valence-corrected chi connectivity index (χ2v) is 13.4. The SMILES string of the molecule is CN1CCC(=C2c3ccccc3CCn3ccnc32)CC1.CN1CCC(C(=O)c2nccn2CCc2ccccc2)CC1.Cl.O=COCCC(=O)O. The summed E-state index contributed by atoms with van der Waals surface area (Å²) in [5.41, 5.74) is 7.14. The number of hydrogen-bond acceptors (Lipinski definition) is 8. The number of benzene rings is 2. The molecular formula is C40H51ClN6O5. The molecule has 278 valence electrons. The molecule has 0 atom stereocenters. The van der Waals surface area contributed by atoms with E-state index in [1.54, 1.807) is 11.8 Å². The van der Waals surface area contributed by atoms with Crippen LogP contribution in [0.2, 0.25) is 0 Å². The Balaban J connectivity index is 0.000000191. The average Bonchev–Trinajstić information content (AvgIpc) is 3.79. The molecule has 0 bridgehead atoms. The number of fused-ring (bicyclic) bond motifs is 2. The Kier molecular flexibility index (Phi) is 15.8. The summed E-state index contributed by atoms with van der Waals surface area (Å²) in [5, 5.41) is 7.94. The molecule has 0 saturated carbocycles. The molecule has 4 aromatic rings. The maximum Gasteiger partial charge on any atom is 0.306 e. The maximum atomic E-state index is 12.7. The standard InChI is InChI=1S/C18H23N3O.C18H21N3.C4H6O4.ClH/c1-20-11-8-16(9-12-20)17(22)18-19-10-14-21(18)13-7-15-5-3-2-4-6-15;1-20-10-6-15(7-11-20)17-16-5-3-2-4-14(16)8-12-21-13-9-19-18(17)21;5-3-8-2-1-4(6)7;/h2-6,10,14,16H,7-9,11-13H2,1H3;2-5,9,13H,6-8,10-12H2,1H3;3H,1-2H2,(H,6,7);1H. The second kappa shape index (κ2) is 20.5. The van der Waals surface area contributed by atoms with E-state index in [2.05, 4.69) is 85.8 Å². The van der Waals surface area contributed by atoms with Crippen LogP contribution in [0.15, 0.2) is 85.0 Å². The quantitative estimate of drug-likeness (QED) is 0.132. The fourth-order valence-corrected chi connectivity index (χ4v) is 6.81. The number of aromatic nitrogens is 4. The van der Waals surface area contributed by atoms with Gasteiger partial charge in [-0.1, -0.05) is 60.2 Å². The van der Waals surface area contributed by atoms with Gasteiger partial charge < -0.3 is 28.8 Å². The molecule has 3 aliphatic heterocycles. The molecule has 12 heteroatoms. The van der Waals surface area contributed by atoms with Gasteiger partial charge in [-0.05, 0) is 82.4 Å². The van der Waals surface area contributed by atoms with Crippen LogP contribution in [0, 0.1) is 5.92 Å². The number of carbonyl (C=O) groups is 3. The first-order valence-corrected chi connectivity index (χ1v) is 17.9. The van der Waals surface area contributed by atoms with Gasteiger partial charge >= 0.3 is 5.97 Å². The molecule has 0 amide bonds. The molecular weight excluding hydrogens is 680 g/mol. The third-order valence-electron chi connectivity index (χ3n) is 9.80. The number of carboxylic acids is 1. The van der Waals surface area contributed by atoms with Gasteiger partial charge in [-0.3, -0.25) is 14.4 Å². The number of nitrogens with zero attached hydrogens (tertiary/aromatic N) is 6. The van der Waals surface area contributed by atoms with Gasteiger partial charge in [0.05, 0.1) is 6.42 Å². The number of rotatable bonds is 9. The minimum absolute atomic E-state index is 0. The number of aliphatic carboxylic acids is 1. The largest absolute Gasteiger partial charge is 0.481 e. The highest BCUT2D eigenvalue weighted by molar-refractivity contribution is 5.94. The molecule has 5 heterocycles. The predicted octanol–water partition coefficient (Wildman–Crippen LogP) is 5.67. The zero-order valence-corrected chi connectivity index (χ0v) is 31.0. The number of ether oxygens (including phenoxy) is 1. The highest BCUT2D eigenvalue weighted by atomic mass is 35.5. The lowest BCUT2D eigenvalue weighted by Gasteiger charge is -2.27. The number of hydrogen-bond donors (Lipinski definition) is 1. The molecule has 1 N–H and O–H groups in total. The molecule has 2 aromatic carbocycles. The minimum Gasteiger partial charge on any atom is -0.481 e. The summed E-state index contributed by atoms with van der Waals surface area (Å²) in [7, 11) is 4.32. The van der Waals surface area contributed by atoms with Gasteiger partial charge in [0, 0.05) is 62.5 Å². The molecule has 0 spiro atoms. The molecule has 52 heavy (non-hydrogen) atoms. The first-order chi connectivity index (χ1) is 24.8. The van der Waals surface area contributed by atoms with Crippen LogP contribution in [0.25, 0.3) is 5.57 Å². The number of halogens is 1. The number of aryl methyl sites for hydroxylation is 4. The van der Waals surface area contributed by atoms with Crippen LogP contribution < -0.4 is 0 Å². The third kappa shape index (κ3) is 11.2. The first kappa shape index (κ1) is 40.2. The van der Waals surface area contributed by atoms with E-state index in [0.717, 1.165) is 77.8 Å². The lowest BCUT2D eigenvalue weighted by molar-refractivity contribution is -0.139. The molecule has 7 rings (SSSR count). The number of Topliss-reactive ketones (excluding diaryl/α,β-unsaturated/α-hetero) is 1. The summed E-state index contributed by atoms with van der Waals surface area (Å²) in [6, 6.07) is 19.2. The molecule has 2 fully saturated rings. The maximum absolute atomic E-state index is 12.7. The van der Waals surface area contributed by atoms with E-state index < -0.39 is 5.97 Å². The lowest BCUT2D eigenvalue weighted by atomic mass is 9.90. The number of piperidine rings is 2. The Hall–Kier alpha value is -4.58. The Morgan fingerprint density at radius 2 is 1.54 bits per heavy atom. The zero-order valence-electron chi connectivity index (χ0n) is 30.2. The highest BCUT2D eigenvalue weighted by Gasteiger charge is 2.27. The minimum atomic E-state index is -0.966. The van der Waals surface area contributed by atoms with E-state index in [1.165, 1.54) is 28.1 Å². The van der Waals surface area contributed by atoms with E-state index in [4.69, 9.17) is 5.11 Å². The van der Waals surface area contributed by atoms with Crippen LogP contribution in [0.5, 0.6) is 0 Å². The van der Waals surface area contributed by atoms with Crippen molar-refractivity contribution >= 4 is 36.2 Å². The topological polar surface area (TPSA) is 123 Å². The fourth-order valence-electron chi connectivity index (χ4n) is 6.81. The Labute approximate surface area is 312 Å². The van der Waals surface area contributed by atoms with E-state index in [9.17, 15) is 14.4 Å². The first-order valence-electron chi connectivity index (χ1n) is 17.9. The molecule has 2 aromatic heterocycles. The van der Waals surface area contributed by atoms with Gasteiger partial charge in [-0.15, -0.1) is 12.4 Å². The van der Waals surface area contributed by atoms with Gasteiger partial charge in [0.15, 0.2) is 5.82 Å². The average molecular weight is 731 g/mol. The monoisotopic (exact) mass is 730 g/mol. The molecule has 2 saturated heterocycles. The summed E-state index contributed by atoms with van der Waals surface area (Å²) in [5.74, 6) is 1.18. The second-order valence-electron chi connectivity index (χ2n) is 13.4. The third-order valence-corrected chi connectivity index (χ3v) is 9.80. The van der Waals surface area contributed by atoms with Crippen molar-refractivity contribution in [3.8, 4) is 0 Å². The van der Waals surface area contributed by atoms with Crippen molar-refractivity contribution in [1.82, 2.24) is 28.9 Å². The normalized spacial score (nSPS) is 16.0. The highest BCUT2D eigenvalue weighted by Crippen LogP contribution is 2.35. The van der Waals surface area contributed by atoms with E-state index in [1.807, 2.05) is 35.2 Å². The van der Waals surface area contributed by atoms with Gasteiger partial charge in [0.25, 0.3) is 6.47 Å². The van der Waals surface area contributed by atoms with Crippen molar-refractivity contribution in [2.24, 2.45) is 5.92 Å². The number of likely N-dealkylation sites (tertiary alicyclic amines) is 2. The van der Waals surface area contributed by atoms with E-state index >= 15 is 0 Å². The van der Waals surface area contributed by atoms with Crippen molar-refractivity contribution in [1.29, 1.82) is 0 Å². The van der Waals surface area contributed by atoms with Crippen molar-refractivity contribution in [2.45, 2.75) is 58.0 Å². The van der Waals surface area contributed by atoms with E-state index in [-0.39, 0.29) is 43.6 Å². The molecule has 0 aliphatic carbocycles. The van der Waals surface area contributed by atoms with Crippen molar-refractivity contribution in [3.63, 3.8) is 0 Å². The van der Waals surface area contributed by atoms with Crippen molar-refractivity contribution in [3.05, 3.63) is 113 Å².